The van der Waals surface area contributed by atoms with E-state index in [1.54, 1.807) is 44.2 Å². The Labute approximate surface area is 350 Å². The molecule has 2 aliphatic rings. The first-order valence-corrected chi connectivity index (χ1v) is 20.1. The molecule has 2 aliphatic heterocycles. The minimum Gasteiger partial charge on any atom is -0.494 e. The third-order valence-electron chi connectivity index (χ3n) is 9.82. The molecule has 0 N–H and O–H groups in total. The van der Waals surface area contributed by atoms with Crippen LogP contribution in [-0.4, -0.2) is 88.4 Å². The van der Waals surface area contributed by atoms with Gasteiger partial charge in [-0.3, -0.25) is 4.79 Å². The maximum Gasteiger partial charge on any atom is 0.343 e. The molecule has 60 heavy (non-hydrogen) atoms. The summed E-state index contributed by atoms with van der Waals surface area (Å²) in [6, 6.07) is 24.8. The summed E-state index contributed by atoms with van der Waals surface area (Å²) < 4.78 is 49.7. The van der Waals surface area contributed by atoms with Gasteiger partial charge in [0.1, 0.15) is 47.9 Å². The molecule has 0 bridgehead atoms. The zero-order valence-electron chi connectivity index (χ0n) is 34.5. The maximum atomic E-state index is 12.9. The molecule has 2 atom stereocenters. The standard InChI is InChI=1S/C47H52O13/c1-32-25-40(60-44(50)36-10-16-38(17-11-36)56-30-47(4)31-57-47)20-21-41(32)45(51)55-26-33(2)58-43(49)35-12-18-39(19-13-35)59-42(48)22-9-34-7-14-37(15-8-34)54-24-6-5-23-52-27-46(3)28-53-29-46/h7-8,10-21,25,33H,5-6,9,22-24,26-31H2,1-4H3. The molecule has 4 aromatic rings. The van der Waals surface area contributed by atoms with Crippen LogP contribution in [0.5, 0.6) is 23.0 Å². The van der Waals surface area contributed by atoms with Crippen molar-refractivity contribution >= 4 is 23.9 Å². The molecule has 2 saturated heterocycles. The Morgan fingerprint density at radius 3 is 1.95 bits per heavy atom. The minimum atomic E-state index is -0.756. The summed E-state index contributed by atoms with van der Waals surface area (Å²) in [4.78, 5) is 50.9. The first kappa shape index (κ1) is 43.8. The van der Waals surface area contributed by atoms with Crippen LogP contribution < -0.4 is 18.9 Å². The van der Waals surface area contributed by atoms with Gasteiger partial charge in [0.05, 0.1) is 49.7 Å². The molecule has 0 aromatic heterocycles. The van der Waals surface area contributed by atoms with E-state index in [0.29, 0.717) is 55.5 Å². The van der Waals surface area contributed by atoms with Gasteiger partial charge in [0.2, 0.25) is 0 Å². The summed E-state index contributed by atoms with van der Waals surface area (Å²) in [5.74, 6) is -0.277. The van der Waals surface area contributed by atoms with E-state index in [9.17, 15) is 19.2 Å². The van der Waals surface area contributed by atoms with Crippen LogP contribution in [0.2, 0.25) is 0 Å². The second-order valence-electron chi connectivity index (χ2n) is 15.8. The number of aryl methyl sites for hydroxylation is 2. The summed E-state index contributed by atoms with van der Waals surface area (Å²) in [6.45, 7) is 11.9. The van der Waals surface area contributed by atoms with Crippen LogP contribution in [0.3, 0.4) is 0 Å². The van der Waals surface area contributed by atoms with Crippen molar-refractivity contribution in [2.45, 2.75) is 65.1 Å². The fourth-order valence-electron chi connectivity index (χ4n) is 5.97. The largest absolute Gasteiger partial charge is 0.494 e. The molecule has 2 unspecified atom stereocenters. The van der Waals surface area contributed by atoms with E-state index in [-0.39, 0.29) is 40.9 Å². The van der Waals surface area contributed by atoms with Gasteiger partial charge in [-0.05, 0) is 130 Å². The van der Waals surface area contributed by atoms with Crippen LogP contribution in [0.25, 0.3) is 0 Å². The molecule has 2 heterocycles. The minimum absolute atomic E-state index is 0.168. The summed E-state index contributed by atoms with van der Waals surface area (Å²) in [5, 5.41) is 0. The molecule has 13 heteroatoms. The Hall–Kier alpha value is -5.76. The van der Waals surface area contributed by atoms with Gasteiger partial charge in [-0.15, -0.1) is 0 Å². The number of carbonyl (C=O) groups excluding carboxylic acids is 4. The van der Waals surface area contributed by atoms with Crippen LogP contribution >= 0.6 is 0 Å². The van der Waals surface area contributed by atoms with E-state index in [2.05, 4.69) is 6.92 Å². The van der Waals surface area contributed by atoms with E-state index in [4.69, 9.17) is 42.6 Å². The van der Waals surface area contributed by atoms with E-state index < -0.39 is 30.0 Å². The predicted octanol–water partition coefficient (Wildman–Crippen LogP) is 7.53. The van der Waals surface area contributed by atoms with Gasteiger partial charge in [0.25, 0.3) is 0 Å². The first-order valence-electron chi connectivity index (χ1n) is 20.1. The van der Waals surface area contributed by atoms with Crippen molar-refractivity contribution < 1.29 is 61.8 Å². The fraction of sp³-hybridized carbons (Fsp3) is 0.404. The Kier molecular flexibility index (Phi) is 14.9. The third kappa shape index (κ3) is 13.4. The van der Waals surface area contributed by atoms with E-state index >= 15 is 0 Å². The summed E-state index contributed by atoms with van der Waals surface area (Å²) >= 11 is 0. The van der Waals surface area contributed by atoms with Gasteiger partial charge < -0.3 is 42.6 Å². The first-order chi connectivity index (χ1) is 28.8. The molecule has 0 amide bonds. The second kappa shape index (κ2) is 20.5. The maximum absolute atomic E-state index is 12.9. The highest BCUT2D eigenvalue weighted by molar-refractivity contribution is 5.93. The van der Waals surface area contributed by atoms with Crippen molar-refractivity contribution in [2.24, 2.45) is 5.41 Å². The van der Waals surface area contributed by atoms with E-state index in [1.807, 2.05) is 31.2 Å². The molecule has 0 aliphatic carbocycles. The smallest absolute Gasteiger partial charge is 0.343 e. The highest BCUT2D eigenvalue weighted by Gasteiger charge is 2.40. The molecule has 0 radical (unpaired) electrons. The lowest BCUT2D eigenvalue weighted by molar-refractivity contribution is -0.138. The summed E-state index contributed by atoms with van der Waals surface area (Å²) in [7, 11) is 0. The van der Waals surface area contributed by atoms with Gasteiger partial charge in [-0.25, -0.2) is 14.4 Å². The lowest BCUT2D eigenvalue weighted by Crippen LogP contribution is -2.43. The quantitative estimate of drug-likeness (QED) is 0.0332. The Bertz CT molecular complexity index is 2070. The average molecular weight is 825 g/mol. The normalized spacial score (nSPS) is 16.7. The monoisotopic (exact) mass is 824 g/mol. The highest BCUT2D eigenvalue weighted by atomic mass is 16.6. The van der Waals surface area contributed by atoms with E-state index in [1.165, 1.54) is 36.4 Å². The van der Waals surface area contributed by atoms with Gasteiger partial charge in [-0.2, -0.15) is 0 Å². The van der Waals surface area contributed by atoms with Crippen molar-refractivity contribution in [3.05, 3.63) is 119 Å². The average Bonchev–Trinajstić information content (AvgIpc) is 3.97. The Morgan fingerprint density at radius 1 is 0.683 bits per heavy atom. The van der Waals surface area contributed by atoms with Gasteiger partial charge in [0, 0.05) is 18.4 Å². The molecular formula is C47H52O13. The molecule has 6 rings (SSSR count). The van der Waals surface area contributed by atoms with E-state index in [0.717, 1.165) is 44.0 Å². The number of ether oxygens (including phenoxy) is 9. The van der Waals surface area contributed by atoms with Crippen molar-refractivity contribution in [1.82, 2.24) is 0 Å². The third-order valence-corrected chi connectivity index (χ3v) is 9.82. The lowest BCUT2D eigenvalue weighted by Gasteiger charge is -2.37. The van der Waals surface area contributed by atoms with Crippen LogP contribution in [0.1, 0.15) is 82.2 Å². The number of hydrogen-bond acceptors (Lipinski definition) is 13. The molecule has 4 aromatic carbocycles. The number of epoxide rings is 1. The zero-order valence-corrected chi connectivity index (χ0v) is 34.5. The van der Waals surface area contributed by atoms with Crippen LogP contribution in [-0.2, 0) is 34.9 Å². The molecular weight excluding hydrogens is 773 g/mol. The van der Waals surface area contributed by atoms with Crippen molar-refractivity contribution in [2.75, 3.05) is 52.9 Å². The molecule has 2 fully saturated rings. The number of rotatable bonds is 22. The Morgan fingerprint density at radius 2 is 1.30 bits per heavy atom. The van der Waals surface area contributed by atoms with Crippen molar-refractivity contribution in [1.29, 1.82) is 0 Å². The highest BCUT2D eigenvalue weighted by Crippen LogP contribution is 2.28. The van der Waals surface area contributed by atoms with Crippen molar-refractivity contribution in [3.8, 4) is 23.0 Å². The number of hydrogen-bond donors (Lipinski definition) is 0. The summed E-state index contributed by atoms with van der Waals surface area (Å²) in [5.41, 5.74) is 2.27. The number of esters is 4. The SMILES string of the molecule is Cc1cc(OC(=O)c2ccc(OCC3(C)CO3)cc2)ccc1C(=O)OCC(C)OC(=O)c1ccc(OC(=O)CCc2ccc(OCCCCOCC3(C)COC3)cc2)cc1. The zero-order chi connectivity index (χ0) is 42.5. The molecule has 318 valence electrons. The number of unbranched alkanes of at least 4 members (excludes halogenated alkanes) is 1. The van der Waals surface area contributed by atoms with Crippen molar-refractivity contribution in [3.63, 3.8) is 0 Å². The number of benzene rings is 4. The molecule has 0 saturated carbocycles. The van der Waals surface area contributed by atoms with Crippen LogP contribution in [0.15, 0.2) is 91.0 Å². The topological polar surface area (TPSA) is 155 Å². The lowest BCUT2D eigenvalue weighted by atomic mass is 9.90. The van der Waals surface area contributed by atoms with Gasteiger partial charge in [0.15, 0.2) is 0 Å². The van der Waals surface area contributed by atoms with Gasteiger partial charge >= 0.3 is 23.9 Å². The molecule has 13 nitrogen and oxygen atoms in total. The second-order valence-corrected chi connectivity index (χ2v) is 15.8. The predicted molar refractivity (Wildman–Crippen MR) is 219 cm³/mol. The van der Waals surface area contributed by atoms with Crippen LogP contribution in [0.4, 0.5) is 0 Å². The fourth-order valence-corrected chi connectivity index (χ4v) is 5.97. The Balaban J connectivity index is 0.846. The van der Waals surface area contributed by atoms with Gasteiger partial charge in [-0.1, -0.05) is 19.1 Å². The summed E-state index contributed by atoms with van der Waals surface area (Å²) in [6.07, 6.45) is 1.73. The van der Waals surface area contributed by atoms with Crippen LogP contribution in [0, 0.1) is 12.3 Å². The number of carbonyl (C=O) groups is 4. The molecule has 0 spiro atoms.